The number of halogens is 2. The first kappa shape index (κ1) is 17.9. The van der Waals surface area contributed by atoms with Gasteiger partial charge in [0.05, 0.1) is 0 Å². The number of nitrogens with one attached hydrogen (secondary N) is 1. The third kappa shape index (κ3) is 4.79. The van der Waals surface area contributed by atoms with Gasteiger partial charge >= 0.3 is 0 Å². The van der Waals surface area contributed by atoms with Gasteiger partial charge in [0.25, 0.3) is 11.7 Å². The average Bonchev–Trinajstić information content (AvgIpc) is 2.55. The Hall–Kier alpha value is -2.41. The number of carbonyl (C=O) groups excluding carboxylic acids is 2. The van der Waals surface area contributed by atoms with E-state index in [1.54, 1.807) is 31.3 Å². The predicted octanol–water partition coefficient (Wildman–Crippen LogP) is 4.24. The molecule has 0 spiro atoms. The summed E-state index contributed by atoms with van der Waals surface area (Å²) in [4.78, 5) is 25.3. The Bertz CT molecular complexity index is 718. The van der Waals surface area contributed by atoms with Crippen molar-refractivity contribution in [3.63, 3.8) is 0 Å². The lowest BCUT2D eigenvalue weighted by atomic mass is 10.2. The standard InChI is InChI=1S/C17H16F2N2O2S/c1-11(22)21(2)14-7-5-13(6-8-14)20-16(23)12-3-9-15(10-4-12)24-17(18)19/h3-10,17H,1-2H3,(H,20,23). The maximum Gasteiger partial charge on any atom is 0.288 e. The van der Waals surface area contributed by atoms with E-state index >= 15 is 0 Å². The van der Waals surface area contributed by atoms with Crippen LogP contribution < -0.4 is 10.2 Å². The van der Waals surface area contributed by atoms with Crippen LogP contribution in [0.15, 0.2) is 53.4 Å². The van der Waals surface area contributed by atoms with E-state index in [0.29, 0.717) is 33.6 Å². The SMILES string of the molecule is CC(=O)N(C)c1ccc(NC(=O)c2ccc(SC(F)F)cc2)cc1. The molecule has 0 bridgehead atoms. The molecule has 0 fully saturated rings. The Kier molecular flexibility index (Phi) is 5.92. The zero-order chi connectivity index (χ0) is 17.7. The first-order valence-corrected chi connectivity index (χ1v) is 7.95. The van der Waals surface area contributed by atoms with E-state index in [0.717, 1.165) is 0 Å². The Morgan fingerprint density at radius 3 is 2.12 bits per heavy atom. The summed E-state index contributed by atoms with van der Waals surface area (Å²) in [7, 11) is 1.66. The number of alkyl halides is 2. The van der Waals surface area contributed by atoms with Gasteiger partial charge in [0, 0.05) is 35.8 Å². The summed E-state index contributed by atoms with van der Waals surface area (Å²) in [5.41, 5.74) is 1.67. The number of carbonyl (C=O) groups is 2. The van der Waals surface area contributed by atoms with Crippen molar-refractivity contribution in [3.8, 4) is 0 Å². The second-order valence-electron chi connectivity index (χ2n) is 4.98. The summed E-state index contributed by atoms with van der Waals surface area (Å²) >= 11 is 0.432. The minimum Gasteiger partial charge on any atom is -0.322 e. The van der Waals surface area contributed by atoms with Gasteiger partial charge in [-0.1, -0.05) is 11.8 Å². The lowest BCUT2D eigenvalue weighted by molar-refractivity contribution is -0.116. The van der Waals surface area contributed by atoms with E-state index in [-0.39, 0.29) is 11.8 Å². The molecular formula is C17H16F2N2O2S. The van der Waals surface area contributed by atoms with Gasteiger partial charge < -0.3 is 10.2 Å². The highest BCUT2D eigenvalue weighted by atomic mass is 32.2. The molecule has 126 valence electrons. The molecule has 2 rings (SSSR count). The third-order valence-corrected chi connectivity index (χ3v) is 4.05. The van der Waals surface area contributed by atoms with Crippen molar-refractivity contribution in [2.75, 3.05) is 17.3 Å². The predicted molar refractivity (Wildman–Crippen MR) is 91.8 cm³/mol. The highest BCUT2D eigenvalue weighted by Crippen LogP contribution is 2.25. The van der Waals surface area contributed by atoms with Crippen LogP contribution in [0.2, 0.25) is 0 Å². The minimum atomic E-state index is -2.49. The molecule has 2 aromatic carbocycles. The molecule has 2 aromatic rings. The summed E-state index contributed by atoms with van der Waals surface area (Å²) < 4.78 is 24.5. The molecule has 1 N–H and O–H groups in total. The quantitative estimate of drug-likeness (QED) is 0.821. The summed E-state index contributed by atoms with van der Waals surface area (Å²) in [6.45, 7) is 1.46. The largest absolute Gasteiger partial charge is 0.322 e. The van der Waals surface area contributed by atoms with Crippen molar-refractivity contribution in [1.82, 2.24) is 0 Å². The van der Waals surface area contributed by atoms with Gasteiger partial charge in [-0.05, 0) is 48.5 Å². The van der Waals surface area contributed by atoms with E-state index < -0.39 is 5.76 Å². The van der Waals surface area contributed by atoms with E-state index in [9.17, 15) is 18.4 Å². The van der Waals surface area contributed by atoms with Gasteiger partial charge in [-0.2, -0.15) is 8.78 Å². The number of rotatable bonds is 5. The van der Waals surface area contributed by atoms with Crippen LogP contribution in [0.1, 0.15) is 17.3 Å². The molecule has 0 aromatic heterocycles. The smallest absolute Gasteiger partial charge is 0.288 e. The molecule has 0 saturated heterocycles. The van der Waals surface area contributed by atoms with Crippen LogP contribution >= 0.6 is 11.8 Å². The first-order valence-electron chi connectivity index (χ1n) is 7.07. The van der Waals surface area contributed by atoms with E-state index in [1.807, 2.05) is 0 Å². The number of nitrogens with zero attached hydrogens (tertiary/aromatic N) is 1. The third-order valence-electron chi connectivity index (χ3n) is 3.33. The molecule has 4 nitrogen and oxygen atoms in total. The molecule has 0 saturated carbocycles. The van der Waals surface area contributed by atoms with Gasteiger partial charge in [-0.25, -0.2) is 0 Å². The van der Waals surface area contributed by atoms with Crippen molar-refractivity contribution in [2.45, 2.75) is 17.6 Å². The molecular weight excluding hydrogens is 334 g/mol. The number of benzene rings is 2. The Balaban J connectivity index is 2.02. The van der Waals surface area contributed by atoms with Crippen molar-refractivity contribution >= 4 is 35.0 Å². The number of hydrogen-bond acceptors (Lipinski definition) is 3. The fraction of sp³-hybridized carbons (Fsp3) is 0.176. The summed E-state index contributed by atoms with van der Waals surface area (Å²) in [5, 5.41) is 2.72. The van der Waals surface area contributed by atoms with Crippen molar-refractivity contribution in [1.29, 1.82) is 0 Å². The lowest BCUT2D eigenvalue weighted by Crippen LogP contribution is -2.22. The van der Waals surface area contributed by atoms with Gasteiger partial charge in [0.1, 0.15) is 0 Å². The lowest BCUT2D eigenvalue weighted by Gasteiger charge is -2.15. The topological polar surface area (TPSA) is 49.4 Å². The summed E-state index contributed by atoms with van der Waals surface area (Å²) in [5.74, 6) is -2.92. The fourth-order valence-electron chi connectivity index (χ4n) is 1.94. The van der Waals surface area contributed by atoms with Crippen LogP contribution in [0.4, 0.5) is 20.2 Å². The Morgan fingerprint density at radius 1 is 1.04 bits per heavy atom. The monoisotopic (exact) mass is 350 g/mol. The molecule has 0 aliphatic rings. The molecule has 0 unspecified atom stereocenters. The van der Waals surface area contributed by atoms with Gasteiger partial charge in [0.2, 0.25) is 5.91 Å². The number of thioether (sulfide) groups is 1. The van der Waals surface area contributed by atoms with Crippen molar-refractivity contribution in [2.24, 2.45) is 0 Å². The second kappa shape index (κ2) is 7.92. The van der Waals surface area contributed by atoms with E-state index in [2.05, 4.69) is 5.32 Å². The Labute approximate surface area is 142 Å². The Morgan fingerprint density at radius 2 is 1.62 bits per heavy atom. The van der Waals surface area contributed by atoms with Crippen molar-refractivity contribution in [3.05, 3.63) is 54.1 Å². The number of anilines is 2. The molecule has 2 amide bonds. The molecule has 0 radical (unpaired) electrons. The van der Waals surface area contributed by atoms with Gasteiger partial charge in [-0.3, -0.25) is 9.59 Å². The van der Waals surface area contributed by atoms with Crippen LogP contribution in [-0.2, 0) is 4.79 Å². The van der Waals surface area contributed by atoms with Crippen LogP contribution in [0.3, 0.4) is 0 Å². The van der Waals surface area contributed by atoms with Crippen LogP contribution in [0.5, 0.6) is 0 Å². The summed E-state index contributed by atoms with van der Waals surface area (Å²) in [6, 6.07) is 12.8. The number of hydrogen-bond donors (Lipinski definition) is 1. The van der Waals surface area contributed by atoms with E-state index in [4.69, 9.17) is 0 Å². The van der Waals surface area contributed by atoms with E-state index in [1.165, 1.54) is 36.1 Å². The molecule has 0 heterocycles. The zero-order valence-corrected chi connectivity index (χ0v) is 13.9. The highest BCUT2D eigenvalue weighted by molar-refractivity contribution is 7.99. The van der Waals surface area contributed by atoms with Gasteiger partial charge in [-0.15, -0.1) is 0 Å². The highest BCUT2D eigenvalue weighted by Gasteiger charge is 2.10. The molecule has 24 heavy (non-hydrogen) atoms. The molecule has 0 atom stereocenters. The average molecular weight is 350 g/mol. The van der Waals surface area contributed by atoms with Crippen LogP contribution in [0, 0.1) is 0 Å². The minimum absolute atomic E-state index is 0.0893. The zero-order valence-electron chi connectivity index (χ0n) is 13.1. The molecule has 0 aliphatic carbocycles. The number of amides is 2. The van der Waals surface area contributed by atoms with Crippen molar-refractivity contribution < 1.29 is 18.4 Å². The van der Waals surface area contributed by atoms with Crippen LogP contribution in [-0.4, -0.2) is 24.6 Å². The fourth-order valence-corrected chi connectivity index (χ4v) is 2.44. The van der Waals surface area contributed by atoms with Crippen LogP contribution in [0.25, 0.3) is 0 Å². The first-order chi connectivity index (χ1) is 11.4. The maximum absolute atomic E-state index is 12.3. The molecule has 0 aliphatic heterocycles. The summed E-state index contributed by atoms with van der Waals surface area (Å²) in [6.07, 6.45) is 0. The maximum atomic E-state index is 12.3. The van der Waals surface area contributed by atoms with Gasteiger partial charge in [0.15, 0.2) is 0 Å². The molecule has 7 heteroatoms. The second-order valence-corrected chi connectivity index (χ2v) is 6.05. The normalized spacial score (nSPS) is 10.5.